The molecule has 1 fully saturated rings. The van der Waals surface area contributed by atoms with Gasteiger partial charge >= 0.3 is 0 Å². The number of rotatable bonds is 5. The van der Waals surface area contributed by atoms with Gasteiger partial charge in [0, 0.05) is 21.8 Å². The first kappa shape index (κ1) is 8.15. The van der Waals surface area contributed by atoms with Gasteiger partial charge in [0.1, 0.15) is 0 Å². The molecule has 0 nitrogen and oxygen atoms in total. The predicted octanol–water partition coefficient (Wildman–Crippen LogP) is 2.55. The Balaban J connectivity index is 1.71. The van der Waals surface area contributed by atoms with Crippen LogP contribution in [0.15, 0.2) is 0 Å². The number of thioether (sulfide) groups is 3. The molecule has 1 unspecified atom stereocenters. The second kappa shape index (κ2) is 4.80. The van der Waals surface area contributed by atoms with E-state index in [1.165, 1.54) is 22.3 Å². The summed E-state index contributed by atoms with van der Waals surface area (Å²) >= 11 is 6.22. The van der Waals surface area contributed by atoms with Crippen molar-refractivity contribution < 1.29 is 0 Å². The van der Waals surface area contributed by atoms with Crippen molar-refractivity contribution in [2.45, 2.75) is 12.2 Å². The van der Waals surface area contributed by atoms with Crippen molar-refractivity contribution in [3.8, 4) is 0 Å². The second-order valence-electron chi connectivity index (χ2n) is 1.94. The lowest BCUT2D eigenvalue weighted by atomic mass is 10.6. The first-order valence-electron chi connectivity index (χ1n) is 3.20. The largest absolute Gasteiger partial charge is 0.156 e. The van der Waals surface area contributed by atoms with Crippen LogP contribution in [0.1, 0.15) is 6.92 Å². The summed E-state index contributed by atoms with van der Waals surface area (Å²) in [6.07, 6.45) is 0. The molecule has 0 amide bonds. The van der Waals surface area contributed by atoms with Gasteiger partial charge < -0.3 is 0 Å². The molecule has 1 aliphatic rings. The molecule has 0 spiro atoms. The van der Waals surface area contributed by atoms with Crippen LogP contribution >= 0.6 is 35.3 Å². The fourth-order valence-corrected chi connectivity index (χ4v) is 3.47. The van der Waals surface area contributed by atoms with E-state index in [2.05, 4.69) is 30.4 Å². The molecular weight excluding hydrogens is 168 g/mol. The third-order valence-electron chi connectivity index (χ3n) is 1.08. The maximum atomic E-state index is 2.22. The standard InChI is InChI=1S/C6H12S3/c1-2-7-5-8-3-6-4-9-6/h6H,2-5H2,1H3. The average Bonchev–Trinajstić information content (AvgIpc) is 2.63. The first-order valence-corrected chi connectivity index (χ1v) is 6.56. The topological polar surface area (TPSA) is 0 Å². The first-order chi connectivity index (χ1) is 4.43. The van der Waals surface area contributed by atoms with Crippen molar-refractivity contribution in [2.75, 3.05) is 22.3 Å². The lowest BCUT2D eigenvalue weighted by Crippen LogP contribution is -1.86. The summed E-state index contributed by atoms with van der Waals surface area (Å²) in [5.74, 6) is 4.08. The third-order valence-corrected chi connectivity index (χ3v) is 4.64. The van der Waals surface area contributed by atoms with Crippen molar-refractivity contribution in [3.05, 3.63) is 0 Å². The van der Waals surface area contributed by atoms with Crippen LogP contribution < -0.4 is 0 Å². The van der Waals surface area contributed by atoms with Crippen LogP contribution in [0.5, 0.6) is 0 Å². The monoisotopic (exact) mass is 180 g/mol. The summed E-state index contributed by atoms with van der Waals surface area (Å²) in [4.78, 5) is 0. The third kappa shape index (κ3) is 4.45. The minimum absolute atomic E-state index is 1.02. The molecule has 0 N–H and O–H groups in total. The maximum Gasteiger partial charge on any atom is 0.0392 e. The molecule has 1 rings (SSSR count). The summed E-state index contributed by atoms with van der Waals surface area (Å²) in [6.45, 7) is 2.22. The molecule has 1 aliphatic heterocycles. The van der Waals surface area contributed by atoms with Crippen LogP contribution in [-0.2, 0) is 0 Å². The van der Waals surface area contributed by atoms with E-state index in [4.69, 9.17) is 0 Å². The fraction of sp³-hybridized carbons (Fsp3) is 1.00. The smallest absolute Gasteiger partial charge is 0.0392 e. The van der Waals surface area contributed by atoms with E-state index in [0.717, 1.165) is 5.25 Å². The highest BCUT2D eigenvalue weighted by atomic mass is 32.2. The molecule has 0 aliphatic carbocycles. The van der Waals surface area contributed by atoms with E-state index < -0.39 is 0 Å². The number of hydrogen-bond donors (Lipinski definition) is 0. The Bertz CT molecular complexity index is 70.7. The Hall–Kier alpha value is 1.05. The van der Waals surface area contributed by atoms with Crippen molar-refractivity contribution in [3.63, 3.8) is 0 Å². The Morgan fingerprint density at radius 3 is 2.89 bits per heavy atom. The van der Waals surface area contributed by atoms with Crippen LogP contribution in [0.4, 0.5) is 0 Å². The summed E-state index contributed by atoms with van der Waals surface area (Å²) in [5.41, 5.74) is 0. The van der Waals surface area contributed by atoms with Gasteiger partial charge in [-0.1, -0.05) is 6.92 Å². The van der Waals surface area contributed by atoms with Gasteiger partial charge in [0.25, 0.3) is 0 Å². The molecule has 0 aromatic carbocycles. The van der Waals surface area contributed by atoms with E-state index in [1.807, 2.05) is 11.8 Å². The van der Waals surface area contributed by atoms with Crippen LogP contribution in [-0.4, -0.2) is 27.6 Å². The maximum absolute atomic E-state index is 2.22. The lowest BCUT2D eigenvalue weighted by molar-refractivity contribution is 1.27. The fourth-order valence-electron chi connectivity index (χ4n) is 0.486. The van der Waals surface area contributed by atoms with Gasteiger partial charge in [0.2, 0.25) is 0 Å². The molecule has 54 valence electrons. The van der Waals surface area contributed by atoms with E-state index in [9.17, 15) is 0 Å². The second-order valence-corrected chi connectivity index (χ2v) is 5.94. The van der Waals surface area contributed by atoms with E-state index in [-0.39, 0.29) is 0 Å². The quantitative estimate of drug-likeness (QED) is 0.362. The zero-order valence-electron chi connectivity index (χ0n) is 5.63. The van der Waals surface area contributed by atoms with Gasteiger partial charge in [0.05, 0.1) is 0 Å². The zero-order chi connectivity index (χ0) is 6.53. The summed E-state index contributed by atoms with van der Waals surface area (Å²) in [6, 6.07) is 0. The number of hydrogen-bond acceptors (Lipinski definition) is 3. The minimum atomic E-state index is 1.02. The van der Waals surface area contributed by atoms with Crippen molar-refractivity contribution in [1.82, 2.24) is 0 Å². The van der Waals surface area contributed by atoms with Crippen LogP contribution in [0, 0.1) is 0 Å². The highest BCUT2D eigenvalue weighted by Gasteiger charge is 2.21. The van der Waals surface area contributed by atoms with Gasteiger partial charge in [-0.15, -0.1) is 11.8 Å². The van der Waals surface area contributed by atoms with Crippen molar-refractivity contribution in [1.29, 1.82) is 0 Å². The van der Waals surface area contributed by atoms with Crippen LogP contribution in [0.2, 0.25) is 0 Å². The molecular formula is C6H12S3. The van der Waals surface area contributed by atoms with Gasteiger partial charge in [-0.05, 0) is 5.75 Å². The Labute approximate surface area is 69.9 Å². The van der Waals surface area contributed by atoms with E-state index >= 15 is 0 Å². The van der Waals surface area contributed by atoms with Gasteiger partial charge in [0.15, 0.2) is 0 Å². The van der Waals surface area contributed by atoms with Crippen molar-refractivity contribution in [2.24, 2.45) is 0 Å². The predicted molar refractivity (Wildman–Crippen MR) is 51.7 cm³/mol. The Kier molecular flexibility index (Phi) is 4.35. The molecule has 0 aromatic heterocycles. The highest BCUT2D eigenvalue weighted by molar-refractivity contribution is 8.16. The van der Waals surface area contributed by atoms with Gasteiger partial charge in [-0.25, -0.2) is 0 Å². The van der Waals surface area contributed by atoms with Crippen molar-refractivity contribution >= 4 is 35.3 Å². The summed E-state index contributed by atoms with van der Waals surface area (Å²) in [5, 5.41) is 2.32. The molecule has 3 heteroatoms. The van der Waals surface area contributed by atoms with E-state index in [0.29, 0.717) is 0 Å². The molecule has 0 saturated carbocycles. The molecule has 1 atom stereocenters. The summed E-state index contributed by atoms with van der Waals surface area (Å²) in [7, 11) is 0. The lowest BCUT2D eigenvalue weighted by Gasteiger charge is -1.95. The van der Waals surface area contributed by atoms with Crippen LogP contribution in [0.25, 0.3) is 0 Å². The normalized spacial score (nSPS) is 24.3. The Morgan fingerprint density at radius 2 is 2.33 bits per heavy atom. The SMILES string of the molecule is CCSCSCC1CS1. The molecule has 0 radical (unpaired) electrons. The molecule has 1 saturated heterocycles. The molecule has 0 aromatic rings. The minimum Gasteiger partial charge on any atom is -0.156 e. The zero-order valence-corrected chi connectivity index (χ0v) is 8.08. The Morgan fingerprint density at radius 1 is 1.56 bits per heavy atom. The molecule has 0 bridgehead atoms. The van der Waals surface area contributed by atoms with Gasteiger partial charge in [-0.2, -0.15) is 23.5 Å². The van der Waals surface area contributed by atoms with E-state index in [1.54, 1.807) is 0 Å². The van der Waals surface area contributed by atoms with Gasteiger partial charge in [-0.3, -0.25) is 0 Å². The summed E-state index contributed by atoms with van der Waals surface area (Å²) < 4.78 is 0. The molecule has 9 heavy (non-hydrogen) atoms. The average molecular weight is 180 g/mol. The van der Waals surface area contributed by atoms with Crippen LogP contribution in [0.3, 0.4) is 0 Å². The molecule has 1 heterocycles. The highest BCUT2D eigenvalue weighted by Crippen LogP contribution is 2.33.